The molecular formula is C27H27F3N4O. The van der Waals surface area contributed by atoms with E-state index in [1.807, 2.05) is 36.4 Å². The molecule has 2 aliphatic heterocycles. The summed E-state index contributed by atoms with van der Waals surface area (Å²) < 4.78 is 40.2. The van der Waals surface area contributed by atoms with Gasteiger partial charge in [-0.15, -0.1) is 0 Å². The topological polar surface area (TPSA) is 48.5 Å². The van der Waals surface area contributed by atoms with E-state index in [2.05, 4.69) is 32.2 Å². The standard InChI is InChI=1S/C27H27F3N4O/c28-27(29,30)21-9-10-24-20(14-21)15-23(26(35)32-16-22-8-4-5-11-31-22)25-18-33(12-13-34(24)25)17-19-6-2-1-3-7-19/h1-11,14,23,25H,12-13,15-18H2,(H,32,35). The summed E-state index contributed by atoms with van der Waals surface area (Å²) in [6.07, 6.45) is -2.48. The number of halogens is 3. The quantitative estimate of drug-likeness (QED) is 0.592. The second-order valence-corrected chi connectivity index (χ2v) is 9.17. The molecule has 0 radical (unpaired) electrons. The van der Waals surface area contributed by atoms with E-state index >= 15 is 0 Å². The van der Waals surface area contributed by atoms with Gasteiger partial charge in [0.05, 0.1) is 29.8 Å². The highest BCUT2D eigenvalue weighted by molar-refractivity contribution is 5.82. The Hall–Kier alpha value is -3.39. The molecule has 2 aliphatic rings. The van der Waals surface area contributed by atoms with Crippen LogP contribution in [0.25, 0.3) is 0 Å². The van der Waals surface area contributed by atoms with Crippen molar-refractivity contribution in [2.75, 3.05) is 24.5 Å². The third kappa shape index (κ3) is 5.17. The Balaban J connectivity index is 1.40. The molecule has 2 aromatic carbocycles. The molecule has 1 fully saturated rings. The lowest BCUT2D eigenvalue weighted by atomic mass is 9.82. The molecule has 35 heavy (non-hydrogen) atoms. The average Bonchev–Trinajstić information content (AvgIpc) is 2.87. The van der Waals surface area contributed by atoms with Crippen molar-refractivity contribution in [1.82, 2.24) is 15.2 Å². The van der Waals surface area contributed by atoms with E-state index in [9.17, 15) is 18.0 Å². The summed E-state index contributed by atoms with van der Waals surface area (Å²) in [7, 11) is 0. The monoisotopic (exact) mass is 480 g/mol. The van der Waals surface area contributed by atoms with E-state index in [0.29, 0.717) is 18.7 Å². The molecule has 1 amide bonds. The smallest absolute Gasteiger partial charge is 0.365 e. The Morgan fingerprint density at radius 3 is 2.57 bits per heavy atom. The Kier molecular flexibility index (Phi) is 6.47. The van der Waals surface area contributed by atoms with Gasteiger partial charge >= 0.3 is 6.18 Å². The fourth-order valence-electron chi connectivity index (χ4n) is 5.16. The van der Waals surface area contributed by atoms with Crippen molar-refractivity contribution in [1.29, 1.82) is 0 Å². The lowest BCUT2D eigenvalue weighted by molar-refractivity contribution is -0.137. The predicted molar refractivity (Wildman–Crippen MR) is 128 cm³/mol. The lowest BCUT2D eigenvalue weighted by Gasteiger charge is -2.49. The number of benzene rings is 2. The molecular weight excluding hydrogens is 453 g/mol. The van der Waals surface area contributed by atoms with Crippen LogP contribution in [0, 0.1) is 5.92 Å². The largest absolute Gasteiger partial charge is 0.416 e. The SMILES string of the molecule is O=C(NCc1ccccn1)C1Cc2cc(C(F)(F)F)ccc2N2CCN(Cc3ccccc3)CC12. The summed E-state index contributed by atoms with van der Waals surface area (Å²) in [6.45, 7) is 3.14. The van der Waals surface area contributed by atoms with Crippen molar-refractivity contribution in [2.24, 2.45) is 5.92 Å². The van der Waals surface area contributed by atoms with E-state index in [1.54, 1.807) is 12.3 Å². The Labute approximate surface area is 202 Å². The number of fused-ring (bicyclic) bond motifs is 3. The van der Waals surface area contributed by atoms with Crippen LogP contribution in [0.2, 0.25) is 0 Å². The number of pyridine rings is 1. The zero-order valence-electron chi connectivity index (χ0n) is 19.2. The van der Waals surface area contributed by atoms with Gasteiger partial charge in [0.25, 0.3) is 0 Å². The Bertz CT molecular complexity index is 1170. The maximum atomic E-state index is 13.4. The number of alkyl halides is 3. The van der Waals surface area contributed by atoms with Gasteiger partial charge in [-0.25, -0.2) is 0 Å². The van der Waals surface area contributed by atoms with Gasteiger partial charge in [-0.1, -0.05) is 36.4 Å². The molecule has 1 N–H and O–H groups in total. The molecule has 182 valence electrons. The molecule has 8 heteroatoms. The van der Waals surface area contributed by atoms with Crippen LogP contribution in [0.5, 0.6) is 0 Å². The van der Waals surface area contributed by atoms with Gasteiger partial charge in [-0.2, -0.15) is 13.2 Å². The van der Waals surface area contributed by atoms with Crippen LogP contribution in [0.15, 0.2) is 72.9 Å². The average molecular weight is 481 g/mol. The minimum Gasteiger partial charge on any atom is -0.365 e. The predicted octanol–water partition coefficient (Wildman–Crippen LogP) is 4.28. The molecule has 5 nitrogen and oxygen atoms in total. The van der Waals surface area contributed by atoms with Crippen molar-refractivity contribution in [3.05, 3.63) is 95.3 Å². The van der Waals surface area contributed by atoms with Crippen LogP contribution < -0.4 is 10.2 Å². The highest BCUT2D eigenvalue weighted by Gasteiger charge is 2.42. The minimum absolute atomic E-state index is 0.125. The molecule has 5 rings (SSSR count). The molecule has 1 aromatic heterocycles. The van der Waals surface area contributed by atoms with Gasteiger partial charge in [-0.3, -0.25) is 14.7 Å². The number of anilines is 1. The number of carbonyl (C=O) groups is 1. The molecule has 2 unspecified atom stereocenters. The number of carbonyl (C=O) groups excluding carboxylic acids is 1. The van der Waals surface area contributed by atoms with Crippen molar-refractivity contribution >= 4 is 11.6 Å². The van der Waals surface area contributed by atoms with E-state index < -0.39 is 17.7 Å². The number of hydrogen-bond donors (Lipinski definition) is 1. The van der Waals surface area contributed by atoms with Crippen molar-refractivity contribution < 1.29 is 18.0 Å². The summed E-state index contributed by atoms with van der Waals surface area (Å²) >= 11 is 0. The maximum absolute atomic E-state index is 13.4. The second-order valence-electron chi connectivity index (χ2n) is 9.17. The molecule has 0 aliphatic carbocycles. The van der Waals surface area contributed by atoms with E-state index in [1.165, 1.54) is 11.6 Å². The zero-order valence-corrected chi connectivity index (χ0v) is 19.2. The van der Waals surface area contributed by atoms with Gasteiger partial charge in [0.1, 0.15) is 0 Å². The first-order valence-electron chi connectivity index (χ1n) is 11.8. The van der Waals surface area contributed by atoms with Gasteiger partial charge in [0.2, 0.25) is 5.91 Å². The Morgan fingerprint density at radius 2 is 1.83 bits per heavy atom. The molecule has 0 saturated carbocycles. The minimum atomic E-state index is -4.42. The van der Waals surface area contributed by atoms with Gasteiger partial charge < -0.3 is 10.2 Å². The maximum Gasteiger partial charge on any atom is 0.416 e. The van der Waals surface area contributed by atoms with Crippen molar-refractivity contribution in [3.8, 4) is 0 Å². The number of hydrogen-bond acceptors (Lipinski definition) is 4. The summed E-state index contributed by atoms with van der Waals surface area (Å²) in [5.74, 6) is -0.622. The zero-order chi connectivity index (χ0) is 24.4. The number of amides is 1. The van der Waals surface area contributed by atoms with Gasteiger partial charge in [-0.05, 0) is 47.9 Å². The summed E-state index contributed by atoms with van der Waals surface area (Å²) in [5, 5.41) is 2.97. The highest BCUT2D eigenvalue weighted by atomic mass is 19.4. The Morgan fingerprint density at radius 1 is 1.03 bits per heavy atom. The number of nitrogens with one attached hydrogen (secondary N) is 1. The van der Waals surface area contributed by atoms with Crippen LogP contribution in [0.4, 0.5) is 18.9 Å². The van der Waals surface area contributed by atoms with Crippen molar-refractivity contribution in [3.63, 3.8) is 0 Å². The molecule has 3 heterocycles. The van der Waals surface area contributed by atoms with E-state index in [4.69, 9.17) is 0 Å². The fourth-order valence-corrected chi connectivity index (χ4v) is 5.16. The third-order valence-electron chi connectivity index (χ3n) is 6.88. The van der Waals surface area contributed by atoms with Gasteiger partial charge in [0, 0.05) is 38.1 Å². The second kappa shape index (κ2) is 9.70. The summed E-state index contributed by atoms with van der Waals surface area (Å²) in [6, 6.07) is 19.5. The summed E-state index contributed by atoms with van der Waals surface area (Å²) in [4.78, 5) is 22.1. The normalized spacial score (nSPS) is 20.1. The van der Waals surface area contributed by atoms with E-state index in [-0.39, 0.29) is 24.9 Å². The fraction of sp³-hybridized carbons (Fsp3) is 0.333. The molecule has 3 aromatic rings. The van der Waals surface area contributed by atoms with Gasteiger partial charge in [0.15, 0.2) is 0 Å². The van der Waals surface area contributed by atoms with Crippen LogP contribution in [0.1, 0.15) is 22.4 Å². The van der Waals surface area contributed by atoms with E-state index in [0.717, 1.165) is 30.5 Å². The first-order valence-corrected chi connectivity index (χ1v) is 11.8. The highest BCUT2D eigenvalue weighted by Crippen LogP contribution is 2.40. The van der Waals surface area contributed by atoms with Crippen LogP contribution >= 0.6 is 0 Å². The van der Waals surface area contributed by atoms with Crippen molar-refractivity contribution in [2.45, 2.75) is 31.7 Å². The molecule has 0 bridgehead atoms. The number of rotatable bonds is 5. The third-order valence-corrected chi connectivity index (χ3v) is 6.88. The summed E-state index contributed by atoms with van der Waals surface area (Å²) in [5.41, 5.74) is 2.64. The first kappa shape index (κ1) is 23.4. The number of aromatic nitrogens is 1. The first-order chi connectivity index (χ1) is 16.9. The number of piperazine rings is 1. The number of nitrogens with zero attached hydrogens (tertiary/aromatic N) is 3. The van der Waals surface area contributed by atoms with Crippen LogP contribution in [-0.2, 0) is 30.5 Å². The molecule has 2 atom stereocenters. The molecule has 0 spiro atoms. The van der Waals surface area contributed by atoms with Crippen LogP contribution in [0.3, 0.4) is 0 Å². The molecule has 1 saturated heterocycles. The lowest BCUT2D eigenvalue weighted by Crippen LogP contribution is -2.60. The van der Waals surface area contributed by atoms with Crippen LogP contribution in [-0.4, -0.2) is 41.5 Å².